The second-order valence-electron chi connectivity index (χ2n) is 4.92. The zero-order valence-corrected chi connectivity index (χ0v) is 12.9. The van der Waals surface area contributed by atoms with Crippen molar-refractivity contribution in [1.82, 2.24) is 4.68 Å². The number of aromatic nitrogens is 2. The smallest absolute Gasteiger partial charge is 0.238 e. The molecule has 0 unspecified atom stereocenters. The summed E-state index contributed by atoms with van der Waals surface area (Å²) in [5, 5.41) is 14.8. The van der Waals surface area contributed by atoms with E-state index in [4.69, 9.17) is 15.3 Å². The molecule has 3 rings (SSSR count). The summed E-state index contributed by atoms with van der Waals surface area (Å²) in [4.78, 5) is 8.25. The van der Waals surface area contributed by atoms with Crippen molar-refractivity contribution < 1.29 is 9.77 Å². The molecular weight excluding hydrogens is 294 g/mol. The Morgan fingerprint density at radius 3 is 1.83 bits per heavy atom. The van der Waals surface area contributed by atoms with E-state index >= 15 is 0 Å². The van der Waals surface area contributed by atoms with E-state index in [1.807, 2.05) is 12.1 Å². The van der Waals surface area contributed by atoms with Gasteiger partial charge in [-0.2, -0.15) is 4.68 Å². The Balaban J connectivity index is 0.000000433. The van der Waals surface area contributed by atoms with Gasteiger partial charge in [-0.15, -0.1) is 4.68 Å². The molecule has 0 atom stereocenters. The maximum atomic E-state index is 8.25. The van der Waals surface area contributed by atoms with E-state index in [9.17, 15) is 0 Å². The highest BCUT2D eigenvalue weighted by Gasteiger charge is 2.19. The summed E-state index contributed by atoms with van der Waals surface area (Å²) >= 11 is 0. The first kappa shape index (κ1) is 16.2. The summed E-state index contributed by atoms with van der Waals surface area (Å²) in [6, 6.07) is 23.2. The van der Waals surface area contributed by atoms with Crippen LogP contribution in [0.3, 0.4) is 0 Å². The maximum absolute atomic E-state index is 8.25. The lowest BCUT2D eigenvalue weighted by Gasteiger charge is -1.99. The molecule has 0 amide bonds. The van der Waals surface area contributed by atoms with Gasteiger partial charge in [0.25, 0.3) is 0 Å². The molecule has 2 aromatic carbocycles. The van der Waals surface area contributed by atoms with Gasteiger partial charge < -0.3 is 15.3 Å². The SMILES string of the molecule is Cn1c(-c2ccccc2)cc(-c2ccccc2)[n+]1C.O=[N+]([O-])[O-]. The van der Waals surface area contributed by atoms with Crippen LogP contribution in [-0.2, 0) is 14.1 Å². The fraction of sp³-hybridized carbons (Fsp3) is 0.118. The Labute approximate surface area is 133 Å². The Morgan fingerprint density at radius 1 is 0.913 bits per heavy atom. The van der Waals surface area contributed by atoms with Crippen LogP contribution in [0.4, 0.5) is 0 Å². The average Bonchev–Trinajstić information content (AvgIpc) is 2.85. The number of benzene rings is 2. The summed E-state index contributed by atoms with van der Waals surface area (Å²) in [7, 11) is 4.18. The highest BCUT2D eigenvalue weighted by atomic mass is 16.9. The van der Waals surface area contributed by atoms with Gasteiger partial charge in [-0.3, -0.25) is 0 Å². The molecule has 0 radical (unpaired) electrons. The maximum Gasteiger partial charge on any atom is 0.238 e. The molecule has 0 saturated heterocycles. The Hall–Kier alpha value is -3.15. The third-order valence-corrected chi connectivity index (χ3v) is 3.56. The molecule has 0 aliphatic rings. The van der Waals surface area contributed by atoms with Crippen LogP contribution in [-0.4, -0.2) is 9.77 Å². The lowest BCUT2D eigenvalue weighted by molar-refractivity contribution is -0.740. The molecule has 6 nitrogen and oxygen atoms in total. The van der Waals surface area contributed by atoms with Crippen LogP contribution < -0.4 is 4.68 Å². The van der Waals surface area contributed by atoms with Gasteiger partial charge in [-0.1, -0.05) is 48.5 Å². The van der Waals surface area contributed by atoms with Gasteiger partial charge in [0.2, 0.25) is 5.69 Å². The van der Waals surface area contributed by atoms with Crippen molar-refractivity contribution in [3.05, 3.63) is 82.1 Å². The molecule has 0 bridgehead atoms. The lowest BCUT2D eigenvalue weighted by Crippen LogP contribution is -2.39. The Bertz CT molecular complexity index is 720. The molecular formula is C17H17N3O3. The molecule has 0 fully saturated rings. The second kappa shape index (κ2) is 7.22. The predicted molar refractivity (Wildman–Crippen MR) is 87.8 cm³/mol. The van der Waals surface area contributed by atoms with E-state index in [1.165, 1.54) is 22.5 Å². The van der Waals surface area contributed by atoms with Crippen LogP contribution in [0.1, 0.15) is 0 Å². The van der Waals surface area contributed by atoms with Crippen LogP contribution in [0, 0.1) is 15.3 Å². The largest absolute Gasteiger partial charge is 0.356 e. The minimum atomic E-state index is -1.75. The third kappa shape index (κ3) is 3.94. The molecule has 0 aliphatic heterocycles. The van der Waals surface area contributed by atoms with E-state index in [-0.39, 0.29) is 0 Å². The van der Waals surface area contributed by atoms with Gasteiger partial charge >= 0.3 is 0 Å². The summed E-state index contributed by atoms with van der Waals surface area (Å²) in [6.07, 6.45) is 0. The molecule has 1 heterocycles. The van der Waals surface area contributed by atoms with Gasteiger partial charge in [0.05, 0.1) is 12.1 Å². The third-order valence-electron chi connectivity index (χ3n) is 3.56. The van der Waals surface area contributed by atoms with E-state index in [0.29, 0.717) is 0 Å². The fourth-order valence-corrected chi connectivity index (χ4v) is 2.40. The predicted octanol–water partition coefficient (Wildman–Crippen LogP) is 2.94. The van der Waals surface area contributed by atoms with Crippen LogP contribution in [0.15, 0.2) is 66.7 Å². The minimum Gasteiger partial charge on any atom is -0.356 e. The van der Waals surface area contributed by atoms with Gasteiger partial charge in [-0.25, -0.2) is 0 Å². The van der Waals surface area contributed by atoms with Gasteiger partial charge in [-0.05, 0) is 12.1 Å². The number of hydrogen-bond acceptors (Lipinski definition) is 3. The van der Waals surface area contributed by atoms with Crippen molar-refractivity contribution in [1.29, 1.82) is 0 Å². The van der Waals surface area contributed by atoms with E-state index in [0.717, 1.165) is 0 Å². The molecule has 1 aromatic heterocycles. The van der Waals surface area contributed by atoms with Crippen molar-refractivity contribution in [3.8, 4) is 22.5 Å². The molecule has 118 valence electrons. The van der Waals surface area contributed by atoms with Crippen molar-refractivity contribution in [2.24, 2.45) is 14.1 Å². The monoisotopic (exact) mass is 311 g/mol. The summed E-state index contributed by atoms with van der Waals surface area (Å²) in [6.45, 7) is 0. The topological polar surface area (TPSA) is 75.0 Å². The molecule has 0 spiro atoms. The molecule has 6 heteroatoms. The fourth-order valence-electron chi connectivity index (χ4n) is 2.40. The first-order valence-corrected chi connectivity index (χ1v) is 6.99. The molecule has 3 aromatic rings. The van der Waals surface area contributed by atoms with Gasteiger partial charge in [0, 0.05) is 17.2 Å². The zero-order valence-electron chi connectivity index (χ0n) is 12.9. The minimum absolute atomic E-state index is 1.22. The molecule has 0 saturated carbocycles. The van der Waals surface area contributed by atoms with E-state index in [2.05, 4.69) is 78.1 Å². The van der Waals surface area contributed by atoms with Crippen molar-refractivity contribution >= 4 is 0 Å². The van der Waals surface area contributed by atoms with Crippen LogP contribution >= 0.6 is 0 Å². The van der Waals surface area contributed by atoms with Crippen LogP contribution in [0.2, 0.25) is 0 Å². The molecule has 23 heavy (non-hydrogen) atoms. The van der Waals surface area contributed by atoms with Gasteiger partial charge in [0.15, 0.2) is 7.05 Å². The highest BCUT2D eigenvalue weighted by Crippen LogP contribution is 2.23. The normalized spacial score (nSPS) is 9.83. The van der Waals surface area contributed by atoms with Crippen molar-refractivity contribution in [3.63, 3.8) is 0 Å². The summed E-state index contributed by atoms with van der Waals surface area (Å²) in [5.41, 5.74) is 4.93. The lowest BCUT2D eigenvalue weighted by atomic mass is 10.1. The van der Waals surface area contributed by atoms with Crippen LogP contribution in [0.25, 0.3) is 22.5 Å². The van der Waals surface area contributed by atoms with E-state index < -0.39 is 5.09 Å². The van der Waals surface area contributed by atoms with Crippen LogP contribution in [0.5, 0.6) is 0 Å². The Kier molecular flexibility index (Phi) is 5.09. The van der Waals surface area contributed by atoms with Gasteiger partial charge in [0.1, 0.15) is 5.69 Å². The quantitative estimate of drug-likeness (QED) is 0.415. The number of rotatable bonds is 2. The standard InChI is InChI=1S/C17H17N2.NO3/c1-18-16(14-9-5-3-6-10-14)13-17(19(18)2)15-11-7-4-8-12-15;2-1(3)4/h3-13H,1-2H3;/q+1;-1. The highest BCUT2D eigenvalue weighted by molar-refractivity contribution is 5.66. The number of nitrogens with zero attached hydrogens (tertiary/aromatic N) is 3. The zero-order chi connectivity index (χ0) is 16.8. The molecule has 0 N–H and O–H groups in total. The van der Waals surface area contributed by atoms with E-state index in [1.54, 1.807) is 0 Å². The second-order valence-corrected chi connectivity index (χ2v) is 4.92. The Morgan fingerprint density at radius 2 is 1.35 bits per heavy atom. The summed E-state index contributed by atoms with van der Waals surface area (Å²) in [5.74, 6) is 0. The first-order valence-electron chi connectivity index (χ1n) is 6.99. The first-order chi connectivity index (χ1) is 11.0. The van der Waals surface area contributed by atoms with Crippen molar-refractivity contribution in [2.75, 3.05) is 0 Å². The molecule has 0 aliphatic carbocycles. The number of hydrogen-bond donors (Lipinski definition) is 0. The van der Waals surface area contributed by atoms with Crippen molar-refractivity contribution in [2.45, 2.75) is 0 Å². The average molecular weight is 311 g/mol. The summed E-state index contributed by atoms with van der Waals surface area (Å²) < 4.78 is 4.36.